The number of amides is 1. The number of ether oxygens (including phenoxy) is 2. The monoisotopic (exact) mass is 500 g/mol. The molecule has 0 fully saturated rings. The summed E-state index contributed by atoms with van der Waals surface area (Å²) in [7, 11) is 3.18. The Balaban J connectivity index is 1.31. The highest BCUT2D eigenvalue weighted by molar-refractivity contribution is 6.07. The summed E-state index contributed by atoms with van der Waals surface area (Å²) in [6.45, 7) is 2.08. The van der Waals surface area contributed by atoms with E-state index in [1.807, 2.05) is 49.4 Å². The summed E-state index contributed by atoms with van der Waals surface area (Å²) >= 11 is 0. The number of carbonyl (C=O) groups is 1. The highest BCUT2D eigenvalue weighted by Gasteiger charge is 2.29. The SMILES string of the molecule is COc1ccc(N2C(=O)Cc3cnc(Nc4ccc(OCc5cnc([N+](=O)[O-])n5C)cc4C)cc32)cc1. The summed E-state index contributed by atoms with van der Waals surface area (Å²) in [5.74, 6) is 1.69. The summed E-state index contributed by atoms with van der Waals surface area (Å²) in [5.41, 5.74) is 4.75. The first kappa shape index (κ1) is 23.8. The number of aromatic nitrogens is 3. The number of fused-ring (bicyclic) bond motifs is 1. The van der Waals surface area contributed by atoms with E-state index >= 15 is 0 Å². The third kappa shape index (κ3) is 4.66. The molecule has 2 aromatic heterocycles. The minimum atomic E-state index is -0.534. The number of imidazole rings is 1. The fourth-order valence-electron chi connectivity index (χ4n) is 4.18. The lowest BCUT2D eigenvalue weighted by Crippen LogP contribution is -2.20. The topological polar surface area (TPSA) is 125 Å². The number of anilines is 4. The molecule has 0 unspecified atom stereocenters. The molecule has 0 saturated heterocycles. The summed E-state index contributed by atoms with van der Waals surface area (Å²) in [6, 6.07) is 14.8. The van der Waals surface area contributed by atoms with E-state index in [1.54, 1.807) is 31.3 Å². The molecule has 11 nitrogen and oxygen atoms in total. The Morgan fingerprint density at radius 1 is 1.08 bits per heavy atom. The standard InChI is InChI=1S/C26H24N6O5/c1-16-10-21(37-15-19-14-28-26(30(19)2)32(34)35)8-9-22(16)29-24-12-23-17(13-27-24)11-25(33)31(23)18-4-6-20(36-3)7-5-18/h4-10,12-14H,11,15H2,1-3H3,(H,27,29). The fourth-order valence-corrected chi connectivity index (χ4v) is 4.18. The number of methoxy groups -OCH3 is 1. The van der Waals surface area contributed by atoms with Crippen LogP contribution in [-0.4, -0.2) is 32.5 Å². The van der Waals surface area contributed by atoms with Gasteiger partial charge in [-0.15, -0.1) is 0 Å². The van der Waals surface area contributed by atoms with Crippen LogP contribution in [0.2, 0.25) is 0 Å². The van der Waals surface area contributed by atoms with Gasteiger partial charge < -0.3 is 24.9 Å². The van der Waals surface area contributed by atoms with Crippen molar-refractivity contribution in [1.82, 2.24) is 14.5 Å². The first-order valence-corrected chi connectivity index (χ1v) is 11.5. The molecule has 188 valence electrons. The Morgan fingerprint density at radius 2 is 1.84 bits per heavy atom. The molecule has 1 aliphatic rings. The van der Waals surface area contributed by atoms with E-state index in [4.69, 9.17) is 9.47 Å². The smallest absolute Gasteiger partial charge is 0.434 e. The highest BCUT2D eigenvalue weighted by Crippen LogP contribution is 2.37. The minimum absolute atomic E-state index is 0.0180. The van der Waals surface area contributed by atoms with Gasteiger partial charge in [0.05, 0.1) is 26.3 Å². The van der Waals surface area contributed by atoms with Crippen molar-refractivity contribution in [3.63, 3.8) is 0 Å². The van der Waals surface area contributed by atoms with E-state index in [2.05, 4.69) is 15.3 Å². The van der Waals surface area contributed by atoms with Crippen LogP contribution in [0.3, 0.4) is 0 Å². The average Bonchev–Trinajstić information content (AvgIpc) is 3.42. The molecule has 0 saturated carbocycles. The molecule has 0 aliphatic carbocycles. The number of nitrogens with zero attached hydrogens (tertiary/aromatic N) is 5. The largest absolute Gasteiger partial charge is 0.497 e. The predicted octanol–water partition coefficient (Wildman–Crippen LogP) is 4.58. The second-order valence-electron chi connectivity index (χ2n) is 8.56. The van der Waals surface area contributed by atoms with Crippen molar-refractivity contribution < 1.29 is 19.2 Å². The Morgan fingerprint density at radius 3 is 2.51 bits per heavy atom. The van der Waals surface area contributed by atoms with Gasteiger partial charge in [0.2, 0.25) is 5.91 Å². The number of rotatable bonds is 8. The highest BCUT2D eigenvalue weighted by atomic mass is 16.6. The van der Waals surface area contributed by atoms with E-state index in [9.17, 15) is 14.9 Å². The van der Waals surface area contributed by atoms with Crippen molar-refractivity contribution in [1.29, 1.82) is 0 Å². The molecule has 3 heterocycles. The zero-order valence-electron chi connectivity index (χ0n) is 20.5. The van der Waals surface area contributed by atoms with E-state index in [0.717, 1.165) is 33.9 Å². The number of nitrogens with one attached hydrogen (secondary N) is 1. The minimum Gasteiger partial charge on any atom is -0.497 e. The fraction of sp³-hybridized carbons (Fsp3) is 0.192. The van der Waals surface area contributed by atoms with Crippen LogP contribution in [0.15, 0.2) is 60.9 Å². The zero-order chi connectivity index (χ0) is 26.1. The van der Waals surface area contributed by atoms with E-state index < -0.39 is 4.92 Å². The molecule has 0 spiro atoms. The van der Waals surface area contributed by atoms with E-state index in [0.29, 0.717) is 23.7 Å². The third-order valence-electron chi connectivity index (χ3n) is 6.20. The number of aryl methyl sites for hydroxylation is 1. The van der Waals surface area contributed by atoms with Gasteiger partial charge in [0.15, 0.2) is 5.69 Å². The molecule has 1 aliphatic heterocycles. The van der Waals surface area contributed by atoms with Gasteiger partial charge in [-0.25, -0.2) is 9.55 Å². The lowest BCUT2D eigenvalue weighted by atomic mass is 10.2. The number of carbonyl (C=O) groups excluding carboxylic acids is 1. The van der Waals surface area contributed by atoms with Crippen LogP contribution in [0.5, 0.6) is 11.5 Å². The van der Waals surface area contributed by atoms with Gasteiger partial charge in [-0.2, -0.15) is 0 Å². The lowest BCUT2D eigenvalue weighted by molar-refractivity contribution is -0.396. The van der Waals surface area contributed by atoms with E-state index in [-0.39, 0.29) is 18.5 Å². The predicted molar refractivity (Wildman–Crippen MR) is 137 cm³/mol. The lowest BCUT2D eigenvalue weighted by Gasteiger charge is -2.19. The van der Waals surface area contributed by atoms with Crippen molar-refractivity contribution in [2.45, 2.75) is 20.0 Å². The number of pyridine rings is 1. The van der Waals surface area contributed by atoms with Gasteiger partial charge in [-0.3, -0.25) is 9.69 Å². The van der Waals surface area contributed by atoms with Crippen LogP contribution in [0.25, 0.3) is 0 Å². The van der Waals surface area contributed by atoms with Crippen LogP contribution in [0.1, 0.15) is 16.8 Å². The molecular weight excluding hydrogens is 476 g/mol. The van der Waals surface area contributed by atoms with Crippen LogP contribution < -0.4 is 19.7 Å². The van der Waals surface area contributed by atoms with Crippen molar-refractivity contribution in [3.05, 3.63) is 87.9 Å². The van der Waals surface area contributed by atoms with Gasteiger partial charge in [0.1, 0.15) is 30.1 Å². The Labute approximate surface area is 212 Å². The Bertz CT molecular complexity index is 1500. The molecule has 1 N–H and O–H groups in total. The summed E-state index contributed by atoms with van der Waals surface area (Å²) < 4.78 is 12.4. The van der Waals surface area contributed by atoms with Crippen LogP contribution in [-0.2, 0) is 24.9 Å². The molecule has 0 atom stereocenters. The Kier molecular flexibility index (Phi) is 6.18. The molecule has 4 aromatic rings. The van der Waals surface area contributed by atoms with E-state index in [1.165, 1.54) is 10.8 Å². The van der Waals surface area contributed by atoms with Crippen molar-refractivity contribution in [2.24, 2.45) is 7.05 Å². The molecule has 0 bridgehead atoms. The van der Waals surface area contributed by atoms with Gasteiger partial charge in [0, 0.05) is 29.2 Å². The first-order chi connectivity index (χ1) is 17.8. The van der Waals surface area contributed by atoms with Crippen LogP contribution >= 0.6 is 0 Å². The zero-order valence-corrected chi connectivity index (χ0v) is 20.5. The molecule has 11 heteroatoms. The molecule has 1 amide bonds. The first-order valence-electron chi connectivity index (χ1n) is 11.5. The van der Waals surface area contributed by atoms with Crippen LogP contribution in [0, 0.1) is 17.0 Å². The van der Waals surface area contributed by atoms with Gasteiger partial charge >= 0.3 is 5.95 Å². The van der Waals surface area contributed by atoms with Gasteiger partial charge in [0.25, 0.3) is 0 Å². The van der Waals surface area contributed by atoms with Crippen LogP contribution in [0.4, 0.5) is 28.8 Å². The third-order valence-corrected chi connectivity index (χ3v) is 6.20. The van der Waals surface area contributed by atoms with Crippen molar-refractivity contribution >= 4 is 34.7 Å². The second-order valence-corrected chi connectivity index (χ2v) is 8.56. The number of nitro groups is 1. The van der Waals surface area contributed by atoms with Gasteiger partial charge in [-0.05, 0) is 59.9 Å². The molecule has 37 heavy (non-hydrogen) atoms. The number of hydrogen-bond acceptors (Lipinski definition) is 8. The maximum absolute atomic E-state index is 12.8. The summed E-state index contributed by atoms with van der Waals surface area (Å²) in [4.78, 5) is 33.2. The maximum Gasteiger partial charge on any atom is 0.434 e. The molecule has 2 aromatic carbocycles. The second kappa shape index (κ2) is 9.61. The molecule has 5 rings (SSSR count). The number of benzene rings is 2. The maximum atomic E-state index is 12.8. The van der Waals surface area contributed by atoms with Gasteiger partial charge in [-0.1, -0.05) is 4.98 Å². The quantitative estimate of drug-likeness (QED) is 0.275. The normalized spacial score (nSPS) is 12.4. The molecule has 0 radical (unpaired) electrons. The van der Waals surface area contributed by atoms with Crippen molar-refractivity contribution in [2.75, 3.05) is 17.3 Å². The Hall–Kier alpha value is -4.93. The molecular formula is C26H24N6O5. The summed E-state index contributed by atoms with van der Waals surface area (Å²) in [5, 5.41) is 14.3. The van der Waals surface area contributed by atoms with Crippen molar-refractivity contribution in [3.8, 4) is 11.5 Å². The number of hydrogen-bond donors (Lipinski definition) is 1. The average molecular weight is 501 g/mol. The summed E-state index contributed by atoms with van der Waals surface area (Å²) in [6.07, 6.45) is 3.44.